The van der Waals surface area contributed by atoms with Crippen molar-refractivity contribution in [1.29, 1.82) is 0 Å². The van der Waals surface area contributed by atoms with E-state index in [0.29, 0.717) is 5.75 Å². The molecule has 1 aliphatic rings. The zero-order chi connectivity index (χ0) is 14.8. The first-order valence-electron chi connectivity index (χ1n) is 6.94. The Bertz CT molecular complexity index is 694. The molecule has 0 saturated heterocycles. The zero-order valence-corrected chi connectivity index (χ0v) is 11.8. The Morgan fingerprint density at radius 3 is 2.86 bits per heavy atom. The Morgan fingerprint density at radius 2 is 2.10 bits per heavy atom. The fourth-order valence-corrected chi connectivity index (χ4v) is 2.84. The minimum Gasteiger partial charge on any atom is -0.496 e. The van der Waals surface area contributed by atoms with Crippen LogP contribution in [0.5, 0.6) is 5.75 Å². The molecule has 0 aromatic heterocycles. The van der Waals surface area contributed by atoms with Gasteiger partial charge in [0.2, 0.25) is 0 Å². The van der Waals surface area contributed by atoms with E-state index in [2.05, 4.69) is 11.4 Å². The molecule has 21 heavy (non-hydrogen) atoms. The lowest BCUT2D eigenvalue weighted by Crippen LogP contribution is -2.24. The maximum atomic E-state index is 11.2. The van der Waals surface area contributed by atoms with Crippen molar-refractivity contribution in [2.45, 2.75) is 13.0 Å². The van der Waals surface area contributed by atoms with Gasteiger partial charge in [-0.1, -0.05) is 18.2 Å². The van der Waals surface area contributed by atoms with Crippen molar-refractivity contribution < 1.29 is 14.6 Å². The van der Waals surface area contributed by atoms with Crippen LogP contribution in [0.3, 0.4) is 0 Å². The summed E-state index contributed by atoms with van der Waals surface area (Å²) < 4.78 is 5.42. The second-order valence-electron chi connectivity index (χ2n) is 5.09. The summed E-state index contributed by atoms with van der Waals surface area (Å²) in [6.45, 7) is 1.79. The molecule has 0 spiro atoms. The van der Waals surface area contributed by atoms with Crippen molar-refractivity contribution in [3.8, 4) is 16.9 Å². The van der Waals surface area contributed by atoms with Gasteiger partial charge in [0, 0.05) is 12.1 Å². The van der Waals surface area contributed by atoms with Gasteiger partial charge in [-0.15, -0.1) is 0 Å². The average molecular weight is 283 g/mol. The van der Waals surface area contributed by atoms with Gasteiger partial charge in [0.05, 0.1) is 12.7 Å². The van der Waals surface area contributed by atoms with E-state index in [-0.39, 0.29) is 5.56 Å². The highest BCUT2D eigenvalue weighted by Gasteiger charge is 2.17. The van der Waals surface area contributed by atoms with Crippen LogP contribution < -0.4 is 10.1 Å². The first-order valence-corrected chi connectivity index (χ1v) is 6.94. The number of ether oxygens (including phenoxy) is 1. The SMILES string of the molecule is COc1ccc(C(=O)O)cc1-c1cccc2c1CCNC2. The number of benzene rings is 2. The number of carboxylic acid groups (broad SMARTS) is 1. The van der Waals surface area contributed by atoms with Gasteiger partial charge in [-0.3, -0.25) is 0 Å². The largest absolute Gasteiger partial charge is 0.496 e. The third kappa shape index (κ3) is 2.50. The average Bonchev–Trinajstić information content (AvgIpc) is 2.53. The molecule has 0 fully saturated rings. The van der Waals surface area contributed by atoms with Crippen LogP contribution in [0.1, 0.15) is 21.5 Å². The zero-order valence-electron chi connectivity index (χ0n) is 11.8. The van der Waals surface area contributed by atoms with Gasteiger partial charge in [0.25, 0.3) is 0 Å². The highest BCUT2D eigenvalue weighted by molar-refractivity contribution is 5.91. The molecule has 2 aromatic carbocycles. The molecule has 0 unspecified atom stereocenters. The van der Waals surface area contributed by atoms with Crippen LogP contribution in [-0.4, -0.2) is 24.7 Å². The lowest BCUT2D eigenvalue weighted by atomic mass is 9.90. The first-order chi connectivity index (χ1) is 10.2. The number of nitrogens with one attached hydrogen (secondary N) is 1. The maximum Gasteiger partial charge on any atom is 0.335 e. The van der Waals surface area contributed by atoms with Crippen molar-refractivity contribution in [1.82, 2.24) is 5.32 Å². The summed E-state index contributed by atoms with van der Waals surface area (Å²) >= 11 is 0. The van der Waals surface area contributed by atoms with Crippen molar-refractivity contribution in [3.63, 3.8) is 0 Å². The van der Waals surface area contributed by atoms with E-state index in [4.69, 9.17) is 4.74 Å². The molecule has 0 atom stereocenters. The number of aromatic carboxylic acids is 1. The molecule has 1 aliphatic heterocycles. The van der Waals surface area contributed by atoms with Gasteiger partial charge in [0.15, 0.2) is 0 Å². The highest BCUT2D eigenvalue weighted by Crippen LogP contribution is 2.35. The van der Waals surface area contributed by atoms with E-state index in [1.54, 1.807) is 25.3 Å². The molecule has 4 nitrogen and oxygen atoms in total. The Kier molecular flexibility index (Phi) is 3.62. The molecule has 0 amide bonds. The lowest BCUT2D eigenvalue weighted by Gasteiger charge is -2.21. The number of rotatable bonds is 3. The van der Waals surface area contributed by atoms with E-state index < -0.39 is 5.97 Å². The summed E-state index contributed by atoms with van der Waals surface area (Å²) in [5, 5.41) is 12.6. The van der Waals surface area contributed by atoms with Crippen LogP contribution in [0.15, 0.2) is 36.4 Å². The number of methoxy groups -OCH3 is 1. The summed E-state index contributed by atoms with van der Waals surface area (Å²) in [6.07, 6.45) is 0.936. The van der Waals surface area contributed by atoms with Gasteiger partial charge in [-0.05, 0) is 47.9 Å². The summed E-state index contributed by atoms with van der Waals surface area (Å²) in [4.78, 5) is 11.2. The normalized spacial score (nSPS) is 13.6. The van der Waals surface area contributed by atoms with Crippen LogP contribution >= 0.6 is 0 Å². The van der Waals surface area contributed by atoms with E-state index in [1.165, 1.54) is 11.1 Å². The third-order valence-electron chi connectivity index (χ3n) is 3.88. The fourth-order valence-electron chi connectivity index (χ4n) is 2.84. The quantitative estimate of drug-likeness (QED) is 0.909. The Morgan fingerprint density at radius 1 is 1.24 bits per heavy atom. The lowest BCUT2D eigenvalue weighted by molar-refractivity contribution is 0.0697. The smallest absolute Gasteiger partial charge is 0.335 e. The number of fused-ring (bicyclic) bond motifs is 1. The van der Waals surface area contributed by atoms with Gasteiger partial charge in [-0.25, -0.2) is 4.79 Å². The molecule has 0 radical (unpaired) electrons. The first kappa shape index (κ1) is 13.6. The second kappa shape index (κ2) is 5.58. The molecular weight excluding hydrogens is 266 g/mol. The molecule has 0 saturated carbocycles. The van der Waals surface area contributed by atoms with Crippen LogP contribution in [0.4, 0.5) is 0 Å². The summed E-state index contributed by atoms with van der Waals surface area (Å²) in [5.41, 5.74) is 4.72. The summed E-state index contributed by atoms with van der Waals surface area (Å²) in [7, 11) is 1.61. The molecule has 4 heteroatoms. The van der Waals surface area contributed by atoms with E-state index in [1.807, 2.05) is 12.1 Å². The van der Waals surface area contributed by atoms with Gasteiger partial charge < -0.3 is 15.2 Å². The highest BCUT2D eigenvalue weighted by atomic mass is 16.5. The summed E-state index contributed by atoms with van der Waals surface area (Å²) in [5.74, 6) is -0.225. The molecule has 108 valence electrons. The number of carboxylic acids is 1. The van der Waals surface area contributed by atoms with Crippen molar-refractivity contribution >= 4 is 5.97 Å². The fraction of sp³-hybridized carbons (Fsp3) is 0.235. The van der Waals surface area contributed by atoms with Crippen molar-refractivity contribution in [2.24, 2.45) is 0 Å². The number of hydrogen-bond acceptors (Lipinski definition) is 3. The molecule has 2 aromatic rings. The van der Waals surface area contributed by atoms with Gasteiger partial charge >= 0.3 is 5.97 Å². The minimum atomic E-state index is -0.926. The van der Waals surface area contributed by atoms with E-state index in [9.17, 15) is 9.90 Å². The predicted molar refractivity (Wildman–Crippen MR) is 80.8 cm³/mol. The van der Waals surface area contributed by atoms with Crippen LogP contribution in [-0.2, 0) is 13.0 Å². The standard InChI is InChI=1S/C17H17NO3/c1-21-16-6-5-11(17(19)20)9-15(16)14-4-2-3-12-10-18-8-7-13(12)14/h2-6,9,18H,7-8,10H2,1H3,(H,19,20). The van der Waals surface area contributed by atoms with E-state index in [0.717, 1.165) is 30.6 Å². The Labute approximate surface area is 123 Å². The Balaban J connectivity index is 2.19. The minimum absolute atomic E-state index is 0.275. The molecule has 0 bridgehead atoms. The van der Waals surface area contributed by atoms with E-state index >= 15 is 0 Å². The number of hydrogen-bond donors (Lipinski definition) is 2. The monoisotopic (exact) mass is 283 g/mol. The van der Waals surface area contributed by atoms with Crippen LogP contribution in [0.25, 0.3) is 11.1 Å². The van der Waals surface area contributed by atoms with Crippen molar-refractivity contribution in [2.75, 3.05) is 13.7 Å². The molecule has 2 N–H and O–H groups in total. The number of carbonyl (C=O) groups is 1. The second-order valence-corrected chi connectivity index (χ2v) is 5.09. The maximum absolute atomic E-state index is 11.2. The summed E-state index contributed by atoms with van der Waals surface area (Å²) in [6, 6.07) is 11.1. The molecule has 1 heterocycles. The van der Waals surface area contributed by atoms with Crippen LogP contribution in [0.2, 0.25) is 0 Å². The Hall–Kier alpha value is -2.33. The van der Waals surface area contributed by atoms with Crippen LogP contribution in [0, 0.1) is 0 Å². The van der Waals surface area contributed by atoms with Gasteiger partial charge in [-0.2, -0.15) is 0 Å². The topological polar surface area (TPSA) is 58.6 Å². The molecule has 3 rings (SSSR count). The predicted octanol–water partition coefficient (Wildman–Crippen LogP) is 2.71. The van der Waals surface area contributed by atoms with Crippen molar-refractivity contribution in [3.05, 3.63) is 53.1 Å². The molecule has 0 aliphatic carbocycles. The third-order valence-corrected chi connectivity index (χ3v) is 3.88. The molecular formula is C17H17NO3. The van der Waals surface area contributed by atoms with Gasteiger partial charge in [0.1, 0.15) is 5.75 Å².